The molecule has 0 amide bonds. The van der Waals surface area contributed by atoms with Crippen LogP contribution in [-0.4, -0.2) is 42.0 Å². The second kappa shape index (κ2) is 4.39. The molecule has 6 heteroatoms. The number of hydrogen-bond donors (Lipinski definition) is 1. The van der Waals surface area contributed by atoms with E-state index < -0.39 is 0 Å². The van der Waals surface area contributed by atoms with Crippen molar-refractivity contribution in [1.29, 1.82) is 0 Å². The van der Waals surface area contributed by atoms with Gasteiger partial charge in [-0.05, 0) is 19.0 Å². The van der Waals surface area contributed by atoms with Gasteiger partial charge in [0.2, 0.25) is 5.89 Å². The number of hydrogen-bond acceptors (Lipinski definition) is 6. The number of anilines is 1. The maximum absolute atomic E-state index is 5.89. The summed E-state index contributed by atoms with van der Waals surface area (Å²) in [5, 5.41) is 3.95. The third-order valence-electron chi connectivity index (χ3n) is 2.36. The van der Waals surface area contributed by atoms with E-state index in [0.29, 0.717) is 31.5 Å². The average molecular weight is 226 g/mol. The van der Waals surface area contributed by atoms with E-state index in [9.17, 15) is 0 Å². The third-order valence-corrected chi connectivity index (χ3v) is 2.36. The first-order chi connectivity index (χ1) is 7.54. The number of ether oxygens (including phenoxy) is 1. The van der Waals surface area contributed by atoms with Crippen LogP contribution in [0.5, 0.6) is 0 Å². The summed E-state index contributed by atoms with van der Waals surface area (Å²) in [6, 6.07) is 0. The van der Waals surface area contributed by atoms with Crippen LogP contribution in [-0.2, 0) is 11.2 Å². The summed E-state index contributed by atoms with van der Waals surface area (Å²) in [5.74, 6) is 1.23. The lowest BCUT2D eigenvalue weighted by atomic mass is 10.0. The van der Waals surface area contributed by atoms with Crippen molar-refractivity contribution in [2.24, 2.45) is 5.73 Å². The Morgan fingerprint density at radius 3 is 2.69 bits per heavy atom. The maximum Gasteiger partial charge on any atom is 0.266 e. The molecule has 0 bridgehead atoms. The molecular formula is C10H18N4O2. The molecule has 0 saturated carbocycles. The van der Waals surface area contributed by atoms with Gasteiger partial charge in [-0.3, -0.25) is 0 Å². The van der Waals surface area contributed by atoms with E-state index in [-0.39, 0.29) is 5.54 Å². The summed E-state index contributed by atoms with van der Waals surface area (Å²) < 4.78 is 10.4. The van der Waals surface area contributed by atoms with Gasteiger partial charge in [-0.15, -0.1) is 0 Å². The van der Waals surface area contributed by atoms with Crippen LogP contribution in [0.25, 0.3) is 0 Å². The van der Waals surface area contributed by atoms with Crippen molar-refractivity contribution in [2.45, 2.75) is 25.8 Å². The Morgan fingerprint density at radius 1 is 1.38 bits per heavy atom. The van der Waals surface area contributed by atoms with Crippen molar-refractivity contribution in [1.82, 2.24) is 10.1 Å². The molecular weight excluding hydrogens is 208 g/mol. The number of nitrogens with zero attached hydrogens (tertiary/aromatic N) is 3. The van der Waals surface area contributed by atoms with Gasteiger partial charge in [-0.1, -0.05) is 0 Å². The highest BCUT2D eigenvalue weighted by molar-refractivity contribution is 5.28. The summed E-state index contributed by atoms with van der Waals surface area (Å²) in [4.78, 5) is 6.39. The van der Waals surface area contributed by atoms with Gasteiger partial charge in [-0.25, -0.2) is 0 Å². The minimum atomic E-state index is -0.325. The fourth-order valence-electron chi connectivity index (χ4n) is 1.60. The van der Waals surface area contributed by atoms with Gasteiger partial charge < -0.3 is 19.9 Å². The zero-order valence-corrected chi connectivity index (χ0v) is 9.77. The summed E-state index contributed by atoms with van der Waals surface area (Å²) in [7, 11) is 0. The van der Waals surface area contributed by atoms with Gasteiger partial charge in [0, 0.05) is 25.0 Å². The molecule has 1 aromatic heterocycles. The van der Waals surface area contributed by atoms with E-state index in [0.717, 1.165) is 13.1 Å². The summed E-state index contributed by atoms with van der Waals surface area (Å²) in [6.45, 7) is 6.92. The molecule has 1 saturated heterocycles. The molecule has 6 nitrogen and oxygen atoms in total. The minimum Gasteiger partial charge on any atom is -0.378 e. The van der Waals surface area contributed by atoms with Crippen LogP contribution in [0.4, 0.5) is 5.95 Å². The van der Waals surface area contributed by atoms with Crippen LogP contribution in [0.15, 0.2) is 4.52 Å². The first-order valence-electron chi connectivity index (χ1n) is 5.49. The van der Waals surface area contributed by atoms with Gasteiger partial charge in [0.25, 0.3) is 5.95 Å². The Hall–Kier alpha value is -1.14. The van der Waals surface area contributed by atoms with Gasteiger partial charge >= 0.3 is 0 Å². The van der Waals surface area contributed by atoms with Gasteiger partial charge in [-0.2, -0.15) is 4.98 Å². The Bertz CT molecular complexity index is 339. The van der Waals surface area contributed by atoms with Crippen LogP contribution in [0.1, 0.15) is 19.7 Å². The number of morpholine rings is 1. The minimum absolute atomic E-state index is 0.325. The zero-order valence-electron chi connectivity index (χ0n) is 9.77. The number of nitrogens with two attached hydrogens (primary N) is 1. The molecule has 0 aliphatic carbocycles. The summed E-state index contributed by atoms with van der Waals surface area (Å²) in [6.07, 6.45) is 0.588. The van der Waals surface area contributed by atoms with Crippen LogP contribution < -0.4 is 10.6 Å². The zero-order chi connectivity index (χ0) is 11.6. The predicted octanol–water partition coefficient (Wildman–Crippen LogP) is 0.186. The Kier molecular flexibility index (Phi) is 3.11. The van der Waals surface area contributed by atoms with Crippen molar-refractivity contribution in [3.05, 3.63) is 5.89 Å². The fraction of sp³-hybridized carbons (Fsp3) is 0.800. The number of rotatable bonds is 3. The van der Waals surface area contributed by atoms with Gasteiger partial charge in [0.1, 0.15) is 0 Å². The van der Waals surface area contributed by atoms with E-state index in [4.69, 9.17) is 15.0 Å². The fourth-order valence-corrected chi connectivity index (χ4v) is 1.60. The molecule has 1 aliphatic rings. The normalized spacial score (nSPS) is 17.8. The molecule has 0 unspecified atom stereocenters. The second-order valence-electron chi connectivity index (χ2n) is 4.75. The molecule has 16 heavy (non-hydrogen) atoms. The van der Waals surface area contributed by atoms with E-state index in [2.05, 4.69) is 15.0 Å². The molecule has 0 aromatic carbocycles. The van der Waals surface area contributed by atoms with Crippen molar-refractivity contribution >= 4 is 5.95 Å². The Labute approximate surface area is 94.7 Å². The predicted molar refractivity (Wildman–Crippen MR) is 59.3 cm³/mol. The Balaban J connectivity index is 2.01. The van der Waals surface area contributed by atoms with Crippen LogP contribution in [0, 0.1) is 0 Å². The molecule has 1 aliphatic heterocycles. The lowest BCUT2D eigenvalue weighted by Crippen LogP contribution is -2.37. The highest BCUT2D eigenvalue weighted by atomic mass is 16.5. The van der Waals surface area contributed by atoms with Crippen molar-refractivity contribution in [2.75, 3.05) is 31.2 Å². The monoisotopic (exact) mass is 226 g/mol. The van der Waals surface area contributed by atoms with Crippen molar-refractivity contribution in [3.63, 3.8) is 0 Å². The smallest absolute Gasteiger partial charge is 0.266 e. The standard InChI is InChI=1S/C10H18N4O2/c1-10(2,11)7-8-12-9(13-16-8)14-3-5-15-6-4-14/h3-7,11H2,1-2H3. The Morgan fingerprint density at radius 2 is 2.06 bits per heavy atom. The topological polar surface area (TPSA) is 77.4 Å². The molecule has 0 spiro atoms. The van der Waals surface area contributed by atoms with E-state index in [1.165, 1.54) is 0 Å². The molecule has 90 valence electrons. The lowest BCUT2D eigenvalue weighted by Gasteiger charge is -2.24. The molecule has 0 radical (unpaired) electrons. The molecule has 1 fully saturated rings. The average Bonchev–Trinajstić information content (AvgIpc) is 2.65. The highest BCUT2D eigenvalue weighted by Gasteiger charge is 2.20. The van der Waals surface area contributed by atoms with Crippen LogP contribution in [0.3, 0.4) is 0 Å². The van der Waals surface area contributed by atoms with E-state index in [1.807, 2.05) is 13.8 Å². The third kappa shape index (κ3) is 2.93. The van der Waals surface area contributed by atoms with Crippen molar-refractivity contribution < 1.29 is 9.26 Å². The molecule has 2 heterocycles. The summed E-state index contributed by atoms with van der Waals surface area (Å²) >= 11 is 0. The van der Waals surface area contributed by atoms with E-state index in [1.54, 1.807) is 0 Å². The molecule has 2 rings (SSSR count). The number of aromatic nitrogens is 2. The summed E-state index contributed by atoms with van der Waals surface area (Å²) in [5.41, 5.74) is 5.57. The molecule has 1 aromatic rings. The van der Waals surface area contributed by atoms with Crippen molar-refractivity contribution in [3.8, 4) is 0 Å². The van der Waals surface area contributed by atoms with Crippen LogP contribution in [0.2, 0.25) is 0 Å². The first-order valence-corrected chi connectivity index (χ1v) is 5.49. The quantitative estimate of drug-likeness (QED) is 0.792. The molecule has 2 N–H and O–H groups in total. The second-order valence-corrected chi connectivity index (χ2v) is 4.75. The van der Waals surface area contributed by atoms with E-state index >= 15 is 0 Å². The van der Waals surface area contributed by atoms with Gasteiger partial charge in [0.05, 0.1) is 13.2 Å². The maximum atomic E-state index is 5.89. The largest absolute Gasteiger partial charge is 0.378 e. The SMILES string of the molecule is CC(C)(N)Cc1nc(N2CCOCC2)no1. The highest BCUT2D eigenvalue weighted by Crippen LogP contribution is 2.14. The first kappa shape index (κ1) is 11.3. The van der Waals surface area contributed by atoms with Gasteiger partial charge in [0.15, 0.2) is 0 Å². The lowest BCUT2D eigenvalue weighted by molar-refractivity contribution is 0.121. The molecule has 0 atom stereocenters. The van der Waals surface area contributed by atoms with Crippen LogP contribution >= 0.6 is 0 Å².